The quantitative estimate of drug-likeness (QED) is 0.101. The Morgan fingerprint density at radius 2 is 0.909 bits per heavy atom. The Balaban J connectivity index is 0.00000384. The molecule has 6 rings (SSSR count). The Morgan fingerprint density at radius 1 is 0.523 bits per heavy atom. The Kier molecular flexibility index (Phi) is 10.1. The number of aryl methyl sites for hydroxylation is 4. The average molecular weight is 670 g/mol. The van der Waals surface area contributed by atoms with E-state index in [2.05, 4.69) is 138 Å². The first-order valence-corrected chi connectivity index (χ1v) is 19.5. The van der Waals surface area contributed by atoms with E-state index in [1.54, 1.807) is 10.4 Å². The van der Waals surface area contributed by atoms with E-state index in [9.17, 15) is 0 Å². The summed E-state index contributed by atoms with van der Waals surface area (Å²) >= 11 is 0. The second-order valence-corrected chi connectivity index (χ2v) is 17.1. The van der Waals surface area contributed by atoms with Crippen molar-refractivity contribution in [2.24, 2.45) is 0 Å². The fraction of sp³-hybridized carbons (Fsp3) is 0.286. The summed E-state index contributed by atoms with van der Waals surface area (Å²) in [4.78, 5) is 0. The molecule has 0 nitrogen and oxygen atoms in total. The molecule has 0 aliphatic carbocycles. The normalized spacial score (nSPS) is 11.8. The Morgan fingerprint density at radius 3 is 1.25 bits per heavy atom. The topological polar surface area (TPSA) is 0 Å². The Labute approximate surface area is 285 Å². The molecule has 0 fully saturated rings. The summed E-state index contributed by atoms with van der Waals surface area (Å²) < 4.78 is 0. The molecule has 222 valence electrons. The number of hydrogen-bond acceptors (Lipinski definition) is 0. The molecule has 6 aromatic carbocycles. The second kappa shape index (κ2) is 13.7. The van der Waals surface area contributed by atoms with Crippen molar-refractivity contribution in [2.45, 2.75) is 79.3 Å². The molecule has 0 saturated heterocycles. The number of benzene rings is 4. The van der Waals surface area contributed by atoms with Gasteiger partial charge in [0.1, 0.15) is 0 Å². The molecule has 0 N–H and O–H groups in total. The van der Waals surface area contributed by atoms with Crippen molar-refractivity contribution in [1.82, 2.24) is 0 Å². The SMILES string of the molecule is CCCc1ccc(-c2cccc3[cH-]c(CC)c([Si](C)(C)c4c(CC)[cH-]c5cccc(-c6ccc(CCC)cc6)c45)c23)cc1.[Zr+2]. The molecular weight excluding hydrogens is 624 g/mol. The summed E-state index contributed by atoms with van der Waals surface area (Å²) in [5.41, 5.74) is 11.3. The van der Waals surface area contributed by atoms with Gasteiger partial charge >= 0.3 is 26.2 Å². The van der Waals surface area contributed by atoms with E-state index in [0.717, 1.165) is 25.7 Å². The van der Waals surface area contributed by atoms with Gasteiger partial charge in [0, 0.05) is 8.07 Å². The maximum Gasteiger partial charge on any atom is 2.00 e. The molecule has 0 radical (unpaired) electrons. The first-order valence-electron chi connectivity index (χ1n) is 16.5. The summed E-state index contributed by atoms with van der Waals surface area (Å²) in [5, 5.41) is 9.02. The molecule has 0 spiro atoms. The van der Waals surface area contributed by atoms with Crippen LogP contribution in [-0.2, 0) is 51.9 Å². The van der Waals surface area contributed by atoms with Gasteiger partial charge in [0.05, 0.1) is 0 Å². The summed E-state index contributed by atoms with van der Waals surface area (Å²) in [6.45, 7) is 14.4. The van der Waals surface area contributed by atoms with E-state index in [1.165, 1.54) is 78.9 Å². The van der Waals surface area contributed by atoms with Crippen LogP contribution in [-0.4, -0.2) is 8.07 Å². The zero-order valence-corrected chi connectivity index (χ0v) is 30.9. The van der Waals surface area contributed by atoms with E-state index in [4.69, 9.17) is 0 Å². The van der Waals surface area contributed by atoms with Gasteiger partial charge in [-0.1, -0.05) is 125 Å². The van der Waals surface area contributed by atoms with Crippen LogP contribution in [0.15, 0.2) is 97.1 Å². The molecule has 0 aliphatic heterocycles. The number of fused-ring (bicyclic) bond motifs is 2. The van der Waals surface area contributed by atoms with Crippen molar-refractivity contribution in [3.05, 3.63) is 119 Å². The molecule has 6 aromatic rings. The fourth-order valence-electron chi connectivity index (χ4n) is 7.65. The van der Waals surface area contributed by atoms with Crippen LogP contribution in [0.3, 0.4) is 0 Å². The predicted molar refractivity (Wildman–Crippen MR) is 193 cm³/mol. The Bertz CT molecular complexity index is 1720. The minimum Gasteiger partial charge on any atom is -0.158 e. The van der Waals surface area contributed by atoms with E-state index in [-0.39, 0.29) is 26.2 Å². The summed E-state index contributed by atoms with van der Waals surface area (Å²) in [6.07, 6.45) is 6.75. The molecule has 0 unspecified atom stereocenters. The molecular formula is C42H46SiZr. The van der Waals surface area contributed by atoms with Crippen molar-refractivity contribution in [3.63, 3.8) is 0 Å². The van der Waals surface area contributed by atoms with Crippen LogP contribution in [0, 0.1) is 0 Å². The molecule has 0 atom stereocenters. The summed E-state index contributed by atoms with van der Waals surface area (Å²) in [6, 6.07) is 37.7. The van der Waals surface area contributed by atoms with E-state index in [1.807, 2.05) is 0 Å². The number of hydrogen-bond donors (Lipinski definition) is 0. The molecule has 44 heavy (non-hydrogen) atoms. The predicted octanol–water partition coefficient (Wildman–Crippen LogP) is 10.6. The first-order chi connectivity index (χ1) is 20.9. The van der Waals surface area contributed by atoms with Crippen molar-refractivity contribution in [2.75, 3.05) is 0 Å². The van der Waals surface area contributed by atoms with Crippen molar-refractivity contribution >= 4 is 40.0 Å². The first kappa shape index (κ1) is 32.6. The minimum absolute atomic E-state index is 0. The third-order valence-corrected chi connectivity index (χ3v) is 13.3. The van der Waals surface area contributed by atoms with Gasteiger partial charge in [0.25, 0.3) is 0 Å². The maximum atomic E-state index is 2.62. The minimum atomic E-state index is -2.19. The van der Waals surface area contributed by atoms with Gasteiger partial charge in [-0.15, -0.1) is 69.1 Å². The molecule has 0 bridgehead atoms. The van der Waals surface area contributed by atoms with Crippen molar-refractivity contribution in [3.8, 4) is 22.3 Å². The average Bonchev–Trinajstić information content (AvgIpc) is 3.62. The van der Waals surface area contributed by atoms with Crippen molar-refractivity contribution < 1.29 is 26.2 Å². The van der Waals surface area contributed by atoms with Crippen LogP contribution in [0.1, 0.15) is 62.8 Å². The maximum absolute atomic E-state index is 2.62. The molecule has 2 heteroatoms. The van der Waals surface area contributed by atoms with Gasteiger partial charge in [0.2, 0.25) is 0 Å². The molecule has 0 amide bonds. The zero-order chi connectivity index (χ0) is 30.1. The monoisotopic (exact) mass is 668 g/mol. The molecule has 0 saturated carbocycles. The smallest absolute Gasteiger partial charge is 0.158 e. The van der Waals surface area contributed by atoms with Gasteiger partial charge in [-0.2, -0.15) is 10.4 Å². The number of rotatable bonds is 10. The van der Waals surface area contributed by atoms with Crippen LogP contribution in [0.25, 0.3) is 43.8 Å². The third kappa shape index (κ3) is 5.81. The van der Waals surface area contributed by atoms with E-state index < -0.39 is 8.07 Å². The second-order valence-electron chi connectivity index (χ2n) is 12.9. The van der Waals surface area contributed by atoms with Crippen LogP contribution in [0.4, 0.5) is 0 Å². The summed E-state index contributed by atoms with van der Waals surface area (Å²) in [7, 11) is -2.19. The Hall–Kier alpha value is -2.80. The van der Waals surface area contributed by atoms with Crippen LogP contribution < -0.4 is 10.4 Å². The third-order valence-electron chi connectivity index (χ3n) is 9.61. The summed E-state index contributed by atoms with van der Waals surface area (Å²) in [5.74, 6) is 0. The van der Waals surface area contributed by atoms with Gasteiger partial charge in [-0.3, -0.25) is 0 Å². The van der Waals surface area contributed by atoms with Crippen LogP contribution in [0.2, 0.25) is 13.1 Å². The van der Waals surface area contributed by atoms with Gasteiger partial charge < -0.3 is 0 Å². The molecule has 0 aliphatic rings. The largest absolute Gasteiger partial charge is 2.00 e. The van der Waals surface area contributed by atoms with E-state index in [0.29, 0.717) is 0 Å². The molecule has 0 heterocycles. The fourth-order valence-corrected chi connectivity index (χ4v) is 11.8. The van der Waals surface area contributed by atoms with Crippen LogP contribution >= 0.6 is 0 Å². The van der Waals surface area contributed by atoms with E-state index >= 15 is 0 Å². The zero-order valence-electron chi connectivity index (χ0n) is 27.5. The van der Waals surface area contributed by atoms with Crippen LogP contribution in [0.5, 0.6) is 0 Å². The van der Waals surface area contributed by atoms with Crippen molar-refractivity contribution in [1.29, 1.82) is 0 Å². The molecule has 0 aromatic heterocycles. The van der Waals surface area contributed by atoms with Gasteiger partial charge in [-0.25, -0.2) is 0 Å². The van der Waals surface area contributed by atoms with Gasteiger partial charge in [0.15, 0.2) is 0 Å². The standard InChI is InChI=1S/C42H46Si.Zr/c1-7-13-29-19-23-33(24-20-29)37-17-11-15-35-27-31(9-3)41(39(35)37)43(5,6)42-32(10-4)28-36-16-12-18-38(40(36)42)34-25-21-30(14-8-2)22-26-34;/h11-12,15-28H,7-10,13-14H2,1-6H3;/q-2;+2. The van der Waals surface area contributed by atoms with Gasteiger partial charge in [-0.05, 0) is 47.9 Å².